The molecule has 3 nitrogen and oxygen atoms in total. The Hall–Kier alpha value is -1.51. The molecule has 2 aliphatic rings. The van der Waals surface area contributed by atoms with E-state index >= 15 is 0 Å². The van der Waals surface area contributed by atoms with Crippen LogP contribution in [0.25, 0.3) is 0 Å². The van der Waals surface area contributed by atoms with Crippen molar-refractivity contribution in [2.24, 2.45) is 0 Å². The Morgan fingerprint density at radius 2 is 1.88 bits per heavy atom. The fourth-order valence-corrected chi connectivity index (χ4v) is 2.39. The third-order valence-electron chi connectivity index (χ3n) is 3.35. The maximum atomic E-state index is 11.8. The Labute approximate surface area is 94.4 Å². The zero-order chi connectivity index (χ0) is 11.1. The van der Waals surface area contributed by atoms with E-state index in [-0.39, 0.29) is 5.78 Å². The van der Waals surface area contributed by atoms with Gasteiger partial charge in [0, 0.05) is 12.0 Å². The highest BCUT2D eigenvalue weighted by Crippen LogP contribution is 2.39. The molecule has 0 radical (unpaired) electrons. The topological polar surface area (TPSA) is 35.5 Å². The number of ketones is 1. The zero-order valence-electron chi connectivity index (χ0n) is 9.29. The summed E-state index contributed by atoms with van der Waals surface area (Å²) in [6.45, 7) is 3.31. The molecular weight excluding hydrogens is 204 g/mol. The van der Waals surface area contributed by atoms with Gasteiger partial charge in [-0.2, -0.15) is 0 Å². The highest BCUT2D eigenvalue weighted by atomic mass is 16.6. The number of hydrogen-bond donors (Lipinski definition) is 0. The Bertz CT molecular complexity index is 451. The molecule has 84 valence electrons. The number of fused-ring (bicyclic) bond motifs is 2. The van der Waals surface area contributed by atoms with Crippen LogP contribution in [0.2, 0.25) is 0 Å². The molecule has 0 fully saturated rings. The molecule has 0 saturated heterocycles. The SMILES string of the molecule is CC1CCC(=O)c2cc3c(cc21)OCCO3. The minimum atomic E-state index is 0.227. The first-order valence-electron chi connectivity index (χ1n) is 5.72. The Morgan fingerprint density at radius 1 is 1.19 bits per heavy atom. The van der Waals surface area contributed by atoms with Crippen LogP contribution < -0.4 is 9.47 Å². The average Bonchev–Trinajstić information content (AvgIpc) is 2.32. The highest BCUT2D eigenvalue weighted by Gasteiger charge is 2.26. The lowest BCUT2D eigenvalue weighted by atomic mass is 9.83. The van der Waals surface area contributed by atoms with E-state index in [4.69, 9.17) is 9.47 Å². The fraction of sp³-hybridized carbons (Fsp3) is 0.462. The van der Waals surface area contributed by atoms with Crippen molar-refractivity contribution in [3.63, 3.8) is 0 Å². The van der Waals surface area contributed by atoms with E-state index in [0.29, 0.717) is 31.3 Å². The minimum Gasteiger partial charge on any atom is -0.486 e. The van der Waals surface area contributed by atoms with E-state index in [1.54, 1.807) is 0 Å². The second kappa shape index (κ2) is 3.51. The third-order valence-corrected chi connectivity index (χ3v) is 3.35. The van der Waals surface area contributed by atoms with E-state index in [9.17, 15) is 4.79 Å². The van der Waals surface area contributed by atoms with Crippen molar-refractivity contribution in [1.29, 1.82) is 0 Å². The van der Waals surface area contributed by atoms with Crippen LogP contribution in [-0.2, 0) is 0 Å². The molecule has 0 aromatic heterocycles. The number of Topliss-reactive ketones (excluding diaryl/α,β-unsaturated/α-hetero) is 1. The molecule has 0 spiro atoms. The van der Waals surface area contributed by atoms with Crippen molar-refractivity contribution < 1.29 is 14.3 Å². The maximum absolute atomic E-state index is 11.8. The second-order valence-corrected chi connectivity index (χ2v) is 4.45. The minimum absolute atomic E-state index is 0.227. The lowest BCUT2D eigenvalue weighted by Gasteiger charge is -2.25. The van der Waals surface area contributed by atoms with E-state index in [0.717, 1.165) is 23.3 Å². The molecule has 0 bridgehead atoms. The quantitative estimate of drug-likeness (QED) is 0.671. The smallest absolute Gasteiger partial charge is 0.163 e. The Kier molecular flexibility index (Phi) is 2.13. The molecule has 1 unspecified atom stereocenters. The van der Waals surface area contributed by atoms with E-state index in [1.807, 2.05) is 12.1 Å². The summed E-state index contributed by atoms with van der Waals surface area (Å²) in [5.74, 6) is 2.16. The van der Waals surface area contributed by atoms with Gasteiger partial charge in [-0.3, -0.25) is 4.79 Å². The van der Waals surface area contributed by atoms with Gasteiger partial charge >= 0.3 is 0 Å². The molecule has 0 N–H and O–H groups in total. The van der Waals surface area contributed by atoms with Gasteiger partial charge in [0.1, 0.15) is 13.2 Å². The van der Waals surface area contributed by atoms with Crippen molar-refractivity contribution in [2.45, 2.75) is 25.7 Å². The standard InChI is InChI=1S/C13H14O3/c1-8-2-3-11(14)10-7-13-12(6-9(8)10)15-4-5-16-13/h6-8H,2-5H2,1H3. The molecule has 0 amide bonds. The van der Waals surface area contributed by atoms with Crippen LogP contribution in [0.1, 0.15) is 41.6 Å². The summed E-state index contributed by atoms with van der Waals surface area (Å²) in [6, 6.07) is 3.83. The van der Waals surface area contributed by atoms with Gasteiger partial charge in [-0.05, 0) is 30.0 Å². The third kappa shape index (κ3) is 1.39. The summed E-state index contributed by atoms with van der Waals surface area (Å²) in [4.78, 5) is 11.8. The fourth-order valence-electron chi connectivity index (χ4n) is 2.39. The van der Waals surface area contributed by atoms with Crippen LogP contribution >= 0.6 is 0 Å². The Morgan fingerprint density at radius 3 is 2.62 bits per heavy atom. The van der Waals surface area contributed by atoms with Crippen molar-refractivity contribution in [1.82, 2.24) is 0 Å². The molecule has 1 aliphatic carbocycles. The van der Waals surface area contributed by atoms with Gasteiger partial charge in [-0.15, -0.1) is 0 Å². The van der Waals surface area contributed by atoms with Crippen LogP contribution in [0.15, 0.2) is 12.1 Å². The molecule has 3 heteroatoms. The molecule has 0 saturated carbocycles. The molecule has 1 aliphatic heterocycles. The molecule has 1 heterocycles. The lowest BCUT2D eigenvalue weighted by Crippen LogP contribution is -2.19. The van der Waals surface area contributed by atoms with E-state index in [2.05, 4.69) is 6.92 Å². The van der Waals surface area contributed by atoms with Gasteiger partial charge in [0.15, 0.2) is 17.3 Å². The number of benzene rings is 1. The summed E-state index contributed by atoms with van der Waals surface area (Å²) in [7, 11) is 0. The van der Waals surface area contributed by atoms with Crippen LogP contribution in [0, 0.1) is 0 Å². The first-order valence-corrected chi connectivity index (χ1v) is 5.72. The van der Waals surface area contributed by atoms with Crippen molar-refractivity contribution in [3.8, 4) is 11.5 Å². The van der Waals surface area contributed by atoms with Gasteiger partial charge in [0.2, 0.25) is 0 Å². The van der Waals surface area contributed by atoms with Gasteiger partial charge in [-0.1, -0.05) is 6.92 Å². The molecule has 3 rings (SSSR count). The van der Waals surface area contributed by atoms with Gasteiger partial charge in [0.05, 0.1) is 0 Å². The molecular formula is C13H14O3. The number of carbonyl (C=O) groups excluding carboxylic acids is 1. The van der Waals surface area contributed by atoms with Crippen LogP contribution in [0.4, 0.5) is 0 Å². The van der Waals surface area contributed by atoms with E-state index < -0.39 is 0 Å². The second-order valence-electron chi connectivity index (χ2n) is 4.45. The first-order chi connectivity index (χ1) is 7.75. The average molecular weight is 218 g/mol. The zero-order valence-corrected chi connectivity index (χ0v) is 9.29. The van der Waals surface area contributed by atoms with Crippen molar-refractivity contribution >= 4 is 5.78 Å². The van der Waals surface area contributed by atoms with Gasteiger partial charge < -0.3 is 9.47 Å². The predicted octanol–water partition coefficient (Wildman–Crippen LogP) is 2.54. The normalized spacial score (nSPS) is 22.8. The number of carbonyl (C=O) groups is 1. The predicted molar refractivity (Wildman–Crippen MR) is 59.4 cm³/mol. The Balaban J connectivity index is 2.15. The number of hydrogen-bond acceptors (Lipinski definition) is 3. The first kappa shape index (κ1) is 9.70. The molecule has 1 atom stereocenters. The summed E-state index contributed by atoms with van der Waals surface area (Å²) in [5, 5.41) is 0. The number of ether oxygens (including phenoxy) is 2. The van der Waals surface area contributed by atoms with E-state index in [1.165, 1.54) is 0 Å². The van der Waals surface area contributed by atoms with Gasteiger partial charge in [0.25, 0.3) is 0 Å². The van der Waals surface area contributed by atoms with Crippen LogP contribution in [0.3, 0.4) is 0 Å². The largest absolute Gasteiger partial charge is 0.486 e. The van der Waals surface area contributed by atoms with Crippen molar-refractivity contribution in [2.75, 3.05) is 13.2 Å². The molecule has 1 aromatic rings. The summed E-state index contributed by atoms with van der Waals surface area (Å²) < 4.78 is 11.0. The summed E-state index contributed by atoms with van der Waals surface area (Å²) in [5.41, 5.74) is 1.93. The van der Waals surface area contributed by atoms with Crippen molar-refractivity contribution in [3.05, 3.63) is 23.3 Å². The van der Waals surface area contributed by atoms with Crippen LogP contribution in [-0.4, -0.2) is 19.0 Å². The monoisotopic (exact) mass is 218 g/mol. The van der Waals surface area contributed by atoms with Crippen LogP contribution in [0.5, 0.6) is 11.5 Å². The molecule has 16 heavy (non-hydrogen) atoms. The summed E-state index contributed by atoms with van der Waals surface area (Å²) in [6.07, 6.45) is 1.58. The van der Waals surface area contributed by atoms with Gasteiger partial charge in [-0.25, -0.2) is 0 Å². The highest BCUT2D eigenvalue weighted by molar-refractivity contribution is 5.99. The maximum Gasteiger partial charge on any atom is 0.163 e. The summed E-state index contributed by atoms with van der Waals surface area (Å²) >= 11 is 0. The lowest BCUT2D eigenvalue weighted by molar-refractivity contribution is 0.0966. The molecule has 1 aromatic carbocycles. The number of rotatable bonds is 0.